The molecule has 0 radical (unpaired) electrons. The normalized spacial score (nSPS) is 16.4. The van der Waals surface area contributed by atoms with Crippen molar-refractivity contribution in [2.75, 3.05) is 19.6 Å². The molecule has 0 bridgehead atoms. The van der Waals surface area contributed by atoms with Crippen LogP contribution in [0.25, 0.3) is 0 Å². The van der Waals surface area contributed by atoms with E-state index in [1.54, 1.807) is 35.2 Å². The van der Waals surface area contributed by atoms with E-state index in [0.29, 0.717) is 12.1 Å². The van der Waals surface area contributed by atoms with Crippen LogP contribution in [0.3, 0.4) is 0 Å². The lowest BCUT2D eigenvalue weighted by molar-refractivity contribution is -0.143. The highest BCUT2D eigenvalue weighted by Crippen LogP contribution is 2.37. The first-order valence-electron chi connectivity index (χ1n) is 11.9. The van der Waals surface area contributed by atoms with Gasteiger partial charge in [0.2, 0.25) is 5.91 Å². The maximum Gasteiger partial charge on any atom is 0.416 e. The molecule has 0 aliphatic carbocycles. The van der Waals surface area contributed by atoms with Gasteiger partial charge in [-0.2, -0.15) is 26.3 Å². The van der Waals surface area contributed by atoms with Crippen LogP contribution in [0.4, 0.5) is 26.3 Å². The van der Waals surface area contributed by atoms with Gasteiger partial charge in [0, 0.05) is 25.2 Å². The molecule has 3 aromatic rings. The summed E-state index contributed by atoms with van der Waals surface area (Å²) in [7, 11) is 0. The number of alkyl halides is 6. The van der Waals surface area contributed by atoms with Crippen molar-refractivity contribution in [3.63, 3.8) is 0 Å². The summed E-state index contributed by atoms with van der Waals surface area (Å²) in [6, 6.07) is 18.3. The standard InChI is InChI=1S/C28H24F6N2O2/c29-27(30,31)22-15-21(16-23(17-22)28(32,33)34)26(38)36-12-11-35(25(37)14-20-9-5-2-6-10-20)18-24(36)13-19-7-3-1-4-8-19/h1-10,15-17,24H,11-14,18H2/t24-/m1/s1. The molecule has 1 aliphatic heterocycles. The van der Waals surface area contributed by atoms with Crippen LogP contribution in [0.2, 0.25) is 0 Å². The second-order valence-corrected chi connectivity index (χ2v) is 9.14. The molecule has 1 fully saturated rings. The topological polar surface area (TPSA) is 40.6 Å². The minimum Gasteiger partial charge on any atom is -0.339 e. The molecule has 200 valence electrons. The zero-order chi connectivity index (χ0) is 27.5. The molecule has 4 rings (SSSR count). The average Bonchev–Trinajstić information content (AvgIpc) is 2.88. The van der Waals surface area contributed by atoms with Gasteiger partial charge in [0.05, 0.1) is 23.6 Å². The maximum atomic E-state index is 13.4. The van der Waals surface area contributed by atoms with E-state index in [1.807, 2.05) is 30.3 Å². The Kier molecular flexibility index (Phi) is 7.80. The molecule has 1 aliphatic rings. The molecule has 2 amide bonds. The molecule has 0 unspecified atom stereocenters. The Balaban J connectivity index is 1.63. The number of benzene rings is 3. The third kappa shape index (κ3) is 6.54. The van der Waals surface area contributed by atoms with Crippen molar-refractivity contribution in [2.24, 2.45) is 0 Å². The predicted molar refractivity (Wildman–Crippen MR) is 128 cm³/mol. The summed E-state index contributed by atoms with van der Waals surface area (Å²) in [5.41, 5.74) is -2.18. The molecule has 1 heterocycles. The first-order chi connectivity index (χ1) is 17.9. The lowest BCUT2D eigenvalue weighted by atomic mass is 9.98. The van der Waals surface area contributed by atoms with E-state index in [0.717, 1.165) is 11.1 Å². The molecule has 0 saturated carbocycles. The van der Waals surface area contributed by atoms with Gasteiger partial charge in [0.1, 0.15) is 0 Å². The van der Waals surface area contributed by atoms with E-state index in [1.165, 1.54) is 4.90 Å². The predicted octanol–water partition coefficient (Wildman–Crippen LogP) is 5.86. The van der Waals surface area contributed by atoms with Gasteiger partial charge < -0.3 is 9.80 Å². The number of halogens is 6. The van der Waals surface area contributed by atoms with Crippen molar-refractivity contribution in [3.05, 3.63) is 107 Å². The highest BCUT2D eigenvalue weighted by molar-refractivity contribution is 5.95. The van der Waals surface area contributed by atoms with Crippen LogP contribution in [0, 0.1) is 0 Å². The Morgan fingerprint density at radius 2 is 1.26 bits per heavy atom. The molecular weight excluding hydrogens is 510 g/mol. The van der Waals surface area contributed by atoms with E-state index < -0.39 is 41.0 Å². The minimum atomic E-state index is -5.07. The Labute approximate surface area is 215 Å². The highest BCUT2D eigenvalue weighted by atomic mass is 19.4. The van der Waals surface area contributed by atoms with Crippen molar-refractivity contribution in [2.45, 2.75) is 31.2 Å². The molecule has 0 aromatic heterocycles. The van der Waals surface area contributed by atoms with Crippen molar-refractivity contribution in [3.8, 4) is 0 Å². The minimum absolute atomic E-state index is 0.00157. The van der Waals surface area contributed by atoms with E-state index >= 15 is 0 Å². The number of hydrogen-bond acceptors (Lipinski definition) is 2. The van der Waals surface area contributed by atoms with Gasteiger partial charge in [-0.3, -0.25) is 9.59 Å². The molecular formula is C28H24F6N2O2. The third-order valence-corrected chi connectivity index (χ3v) is 6.44. The summed E-state index contributed by atoms with van der Waals surface area (Å²) in [6.45, 7) is 0.166. The van der Waals surface area contributed by atoms with Gasteiger partial charge in [0.25, 0.3) is 5.91 Å². The van der Waals surface area contributed by atoms with E-state index in [-0.39, 0.29) is 44.4 Å². The van der Waals surface area contributed by atoms with Gasteiger partial charge in [-0.25, -0.2) is 0 Å². The van der Waals surface area contributed by atoms with Crippen molar-refractivity contribution < 1.29 is 35.9 Å². The molecule has 0 spiro atoms. The monoisotopic (exact) mass is 534 g/mol. The molecule has 4 nitrogen and oxygen atoms in total. The number of nitrogens with zero attached hydrogens (tertiary/aromatic N) is 2. The SMILES string of the molecule is O=C(Cc1ccccc1)N1CCN(C(=O)c2cc(C(F)(F)F)cc(C(F)(F)F)c2)[C@H](Cc2ccccc2)C1. The smallest absolute Gasteiger partial charge is 0.339 e. The van der Waals surface area contributed by atoms with Crippen LogP contribution in [-0.4, -0.2) is 47.3 Å². The number of carbonyl (C=O) groups is 2. The number of rotatable bonds is 5. The second kappa shape index (κ2) is 10.9. The Morgan fingerprint density at radius 3 is 1.79 bits per heavy atom. The van der Waals surface area contributed by atoms with E-state index in [4.69, 9.17) is 0 Å². The quantitative estimate of drug-likeness (QED) is 0.385. The summed E-state index contributed by atoms with van der Waals surface area (Å²) >= 11 is 0. The number of carbonyl (C=O) groups excluding carboxylic acids is 2. The number of piperazine rings is 1. The third-order valence-electron chi connectivity index (χ3n) is 6.44. The Morgan fingerprint density at radius 1 is 0.737 bits per heavy atom. The number of hydrogen-bond donors (Lipinski definition) is 0. The van der Waals surface area contributed by atoms with Crippen LogP contribution >= 0.6 is 0 Å². The maximum absolute atomic E-state index is 13.4. The Hall–Kier alpha value is -3.82. The summed E-state index contributed by atoms with van der Waals surface area (Å²) in [6.07, 6.45) is -9.73. The molecule has 10 heteroatoms. The summed E-state index contributed by atoms with van der Waals surface area (Å²) in [4.78, 5) is 29.3. The first-order valence-corrected chi connectivity index (χ1v) is 11.9. The van der Waals surface area contributed by atoms with Crippen LogP contribution in [0.5, 0.6) is 0 Å². The van der Waals surface area contributed by atoms with Crippen LogP contribution < -0.4 is 0 Å². The second-order valence-electron chi connectivity index (χ2n) is 9.14. The molecule has 1 saturated heterocycles. The van der Waals surface area contributed by atoms with Gasteiger partial charge >= 0.3 is 12.4 Å². The molecule has 38 heavy (non-hydrogen) atoms. The fourth-order valence-corrected chi connectivity index (χ4v) is 4.54. The van der Waals surface area contributed by atoms with Crippen LogP contribution in [0.1, 0.15) is 32.6 Å². The number of amides is 2. The van der Waals surface area contributed by atoms with Crippen LogP contribution in [0.15, 0.2) is 78.9 Å². The van der Waals surface area contributed by atoms with Gasteiger partial charge in [-0.05, 0) is 35.7 Å². The fourth-order valence-electron chi connectivity index (χ4n) is 4.54. The van der Waals surface area contributed by atoms with Gasteiger partial charge in [0.15, 0.2) is 0 Å². The molecule has 3 aromatic carbocycles. The zero-order valence-electron chi connectivity index (χ0n) is 20.1. The summed E-state index contributed by atoms with van der Waals surface area (Å²) < 4.78 is 80.3. The Bertz CT molecular complexity index is 1240. The lowest BCUT2D eigenvalue weighted by Gasteiger charge is -2.42. The first kappa shape index (κ1) is 27.2. The summed E-state index contributed by atoms with van der Waals surface area (Å²) in [5.74, 6) is -1.13. The fraction of sp³-hybridized carbons (Fsp3) is 0.286. The highest BCUT2D eigenvalue weighted by Gasteiger charge is 2.39. The average molecular weight is 534 g/mol. The largest absolute Gasteiger partial charge is 0.416 e. The van der Waals surface area contributed by atoms with Crippen LogP contribution in [-0.2, 0) is 30.0 Å². The molecule has 1 atom stereocenters. The van der Waals surface area contributed by atoms with E-state index in [9.17, 15) is 35.9 Å². The zero-order valence-corrected chi connectivity index (χ0v) is 20.1. The van der Waals surface area contributed by atoms with Crippen molar-refractivity contribution in [1.82, 2.24) is 9.80 Å². The van der Waals surface area contributed by atoms with E-state index in [2.05, 4.69) is 0 Å². The van der Waals surface area contributed by atoms with Gasteiger partial charge in [-0.1, -0.05) is 60.7 Å². The van der Waals surface area contributed by atoms with Crippen molar-refractivity contribution >= 4 is 11.8 Å². The lowest BCUT2D eigenvalue weighted by Crippen LogP contribution is -2.57. The summed E-state index contributed by atoms with van der Waals surface area (Å²) in [5, 5.41) is 0. The van der Waals surface area contributed by atoms with Gasteiger partial charge in [-0.15, -0.1) is 0 Å². The molecule has 0 N–H and O–H groups in total. The van der Waals surface area contributed by atoms with Crippen molar-refractivity contribution in [1.29, 1.82) is 0 Å².